The Labute approximate surface area is 110 Å². The molecule has 0 radical (unpaired) electrons. The summed E-state index contributed by atoms with van der Waals surface area (Å²) in [5.74, 6) is -2.09. The van der Waals surface area contributed by atoms with Crippen LogP contribution in [0.2, 0.25) is 0 Å². The molecule has 1 saturated carbocycles. The molecule has 1 aliphatic carbocycles. The van der Waals surface area contributed by atoms with Crippen LogP contribution in [-0.2, 0) is 5.54 Å². The van der Waals surface area contributed by atoms with Crippen LogP contribution in [0.5, 0.6) is 5.75 Å². The number of hydrogen-bond acceptors (Lipinski definition) is 2. The van der Waals surface area contributed by atoms with E-state index in [1.54, 1.807) is 6.07 Å². The lowest BCUT2D eigenvalue weighted by molar-refractivity contribution is -0.125. The van der Waals surface area contributed by atoms with Crippen LogP contribution in [0.25, 0.3) is 10.8 Å². The third-order valence-electron chi connectivity index (χ3n) is 3.76. The molecule has 2 nitrogen and oxygen atoms in total. The molecule has 0 aromatic heterocycles. The van der Waals surface area contributed by atoms with Crippen LogP contribution in [0.15, 0.2) is 36.4 Å². The maximum atomic E-state index is 13.2. The van der Waals surface area contributed by atoms with E-state index in [4.69, 9.17) is 10.5 Å². The molecule has 1 aliphatic rings. The van der Waals surface area contributed by atoms with E-state index in [2.05, 4.69) is 0 Å². The third kappa shape index (κ3) is 1.87. The van der Waals surface area contributed by atoms with Crippen molar-refractivity contribution < 1.29 is 13.5 Å². The molecule has 2 aromatic rings. The number of fused-ring (bicyclic) bond motifs is 1. The topological polar surface area (TPSA) is 35.2 Å². The number of alkyl halides is 2. The Hall–Kier alpha value is -1.68. The first-order chi connectivity index (χ1) is 8.95. The van der Waals surface area contributed by atoms with Gasteiger partial charge in [-0.25, -0.2) is 8.78 Å². The van der Waals surface area contributed by atoms with E-state index < -0.39 is 11.5 Å². The first-order valence-electron chi connectivity index (χ1n) is 6.18. The number of ether oxygens (including phenoxy) is 1. The molecule has 0 heterocycles. The molecule has 2 aromatic carbocycles. The van der Waals surface area contributed by atoms with E-state index >= 15 is 0 Å². The minimum absolute atomic E-state index is 0.329. The Bertz CT molecular complexity index is 631. The maximum Gasteiger partial charge on any atom is 0.252 e. The molecule has 0 saturated heterocycles. The predicted octanol–water partition coefficient (Wildman–Crippen LogP) is 3.43. The van der Waals surface area contributed by atoms with Crippen LogP contribution in [0.4, 0.5) is 8.78 Å². The fourth-order valence-electron chi connectivity index (χ4n) is 2.98. The predicted molar refractivity (Wildman–Crippen MR) is 70.5 cm³/mol. The molecule has 100 valence electrons. The van der Waals surface area contributed by atoms with Gasteiger partial charge in [-0.1, -0.05) is 30.3 Å². The second kappa shape index (κ2) is 3.90. The fourth-order valence-corrected chi connectivity index (χ4v) is 2.98. The number of benzene rings is 2. The van der Waals surface area contributed by atoms with Crippen LogP contribution < -0.4 is 10.5 Å². The molecule has 4 heteroatoms. The van der Waals surface area contributed by atoms with Crippen molar-refractivity contribution in [3.8, 4) is 5.75 Å². The van der Waals surface area contributed by atoms with Crippen molar-refractivity contribution in [2.45, 2.75) is 24.3 Å². The van der Waals surface area contributed by atoms with Gasteiger partial charge in [-0.05, 0) is 16.8 Å². The standard InChI is InChI=1S/C15H15F2NO/c1-19-12-7-6-10-4-2-3-5-11(10)13(12)14(18)8-15(16,17)9-14/h2-7H,8-9,18H2,1H3. The van der Waals surface area contributed by atoms with Gasteiger partial charge in [-0.3, -0.25) is 0 Å². The van der Waals surface area contributed by atoms with Gasteiger partial charge >= 0.3 is 0 Å². The van der Waals surface area contributed by atoms with Gasteiger partial charge in [0.25, 0.3) is 5.92 Å². The summed E-state index contributed by atoms with van der Waals surface area (Å²) in [6.07, 6.45) is -0.658. The maximum absolute atomic E-state index is 13.2. The van der Waals surface area contributed by atoms with Crippen molar-refractivity contribution >= 4 is 10.8 Å². The lowest BCUT2D eigenvalue weighted by atomic mass is 9.68. The summed E-state index contributed by atoms with van der Waals surface area (Å²) in [5.41, 5.74) is 5.87. The zero-order valence-corrected chi connectivity index (χ0v) is 10.6. The van der Waals surface area contributed by atoms with Crippen molar-refractivity contribution in [1.29, 1.82) is 0 Å². The SMILES string of the molecule is COc1ccc2ccccc2c1C1(N)CC(F)(F)C1. The second-order valence-corrected chi connectivity index (χ2v) is 5.23. The molecular weight excluding hydrogens is 248 g/mol. The molecule has 3 rings (SSSR count). The highest BCUT2D eigenvalue weighted by atomic mass is 19.3. The number of nitrogens with two attached hydrogens (primary N) is 1. The summed E-state index contributed by atoms with van der Waals surface area (Å²) in [7, 11) is 1.54. The Morgan fingerprint density at radius 2 is 1.79 bits per heavy atom. The lowest BCUT2D eigenvalue weighted by Gasteiger charge is -2.45. The normalized spacial score (nSPS) is 20.0. The van der Waals surface area contributed by atoms with Gasteiger partial charge in [-0.2, -0.15) is 0 Å². The minimum Gasteiger partial charge on any atom is -0.496 e. The molecular formula is C15H15F2NO. The summed E-state index contributed by atoms with van der Waals surface area (Å²) < 4.78 is 31.8. The second-order valence-electron chi connectivity index (χ2n) is 5.23. The summed E-state index contributed by atoms with van der Waals surface area (Å²) in [6, 6.07) is 11.3. The van der Waals surface area contributed by atoms with Gasteiger partial charge in [-0.15, -0.1) is 0 Å². The number of halogens is 2. The van der Waals surface area contributed by atoms with Gasteiger partial charge in [0.1, 0.15) is 5.75 Å². The van der Waals surface area contributed by atoms with Crippen molar-refractivity contribution in [3.05, 3.63) is 42.0 Å². The Kier molecular flexibility index (Phi) is 2.54. The van der Waals surface area contributed by atoms with E-state index in [0.717, 1.165) is 10.8 Å². The number of methoxy groups -OCH3 is 1. The van der Waals surface area contributed by atoms with Gasteiger partial charge in [0.15, 0.2) is 0 Å². The average molecular weight is 263 g/mol. The van der Waals surface area contributed by atoms with E-state index in [1.165, 1.54) is 7.11 Å². The van der Waals surface area contributed by atoms with Gasteiger partial charge < -0.3 is 10.5 Å². The largest absolute Gasteiger partial charge is 0.496 e. The molecule has 2 N–H and O–H groups in total. The Morgan fingerprint density at radius 3 is 2.42 bits per heavy atom. The van der Waals surface area contributed by atoms with E-state index in [0.29, 0.717) is 11.3 Å². The molecule has 1 fully saturated rings. The van der Waals surface area contributed by atoms with E-state index in [-0.39, 0.29) is 12.8 Å². The highest BCUT2D eigenvalue weighted by Gasteiger charge is 2.56. The van der Waals surface area contributed by atoms with Crippen molar-refractivity contribution in [1.82, 2.24) is 0 Å². The first-order valence-corrected chi connectivity index (χ1v) is 6.18. The number of hydrogen-bond donors (Lipinski definition) is 1. The fraction of sp³-hybridized carbons (Fsp3) is 0.333. The highest BCUT2D eigenvalue weighted by molar-refractivity contribution is 5.89. The summed E-state index contributed by atoms with van der Waals surface area (Å²) >= 11 is 0. The van der Waals surface area contributed by atoms with E-state index in [1.807, 2.05) is 30.3 Å². The molecule has 0 unspecified atom stereocenters. The molecule has 0 atom stereocenters. The summed E-state index contributed by atoms with van der Waals surface area (Å²) in [5, 5.41) is 1.87. The highest BCUT2D eigenvalue weighted by Crippen LogP contribution is 2.53. The minimum atomic E-state index is -2.67. The molecule has 0 bridgehead atoms. The monoisotopic (exact) mass is 263 g/mol. The molecule has 0 amide bonds. The Morgan fingerprint density at radius 1 is 1.11 bits per heavy atom. The summed E-state index contributed by atoms with van der Waals surface area (Å²) in [6.45, 7) is 0. The van der Waals surface area contributed by atoms with Gasteiger partial charge in [0, 0.05) is 18.4 Å². The van der Waals surface area contributed by atoms with Crippen LogP contribution in [-0.4, -0.2) is 13.0 Å². The van der Waals surface area contributed by atoms with Crippen LogP contribution >= 0.6 is 0 Å². The van der Waals surface area contributed by atoms with Crippen molar-refractivity contribution in [2.24, 2.45) is 5.73 Å². The number of rotatable bonds is 2. The van der Waals surface area contributed by atoms with Crippen molar-refractivity contribution in [3.63, 3.8) is 0 Å². The molecule has 0 spiro atoms. The zero-order chi connectivity index (χ0) is 13.7. The Balaban J connectivity index is 2.21. The van der Waals surface area contributed by atoms with Crippen LogP contribution in [0, 0.1) is 0 Å². The van der Waals surface area contributed by atoms with Crippen LogP contribution in [0.1, 0.15) is 18.4 Å². The molecule has 0 aliphatic heterocycles. The smallest absolute Gasteiger partial charge is 0.252 e. The van der Waals surface area contributed by atoms with Crippen LogP contribution in [0.3, 0.4) is 0 Å². The molecule has 19 heavy (non-hydrogen) atoms. The zero-order valence-electron chi connectivity index (χ0n) is 10.6. The summed E-state index contributed by atoms with van der Waals surface area (Å²) in [4.78, 5) is 0. The lowest BCUT2D eigenvalue weighted by Crippen LogP contribution is -2.55. The van der Waals surface area contributed by atoms with Gasteiger partial charge in [0.2, 0.25) is 0 Å². The average Bonchev–Trinajstić information content (AvgIpc) is 2.34. The first kappa shape index (κ1) is 12.4. The quantitative estimate of drug-likeness (QED) is 0.901. The van der Waals surface area contributed by atoms with E-state index in [9.17, 15) is 8.78 Å². The van der Waals surface area contributed by atoms with Gasteiger partial charge in [0.05, 0.1) is 12.6 Å². The third-order valence-corrected chi connectivity index (χ3v) is 3.76. The van der Waals surface area contributed by atoms with Crippen molar-refractivity contribution in [2.75, 3.05) is 7.11 Å².